The van der Waals surface area contributed by atoms with Crippen LogP contribution in [0.15, 0.2) is 24.3 Å². The largest absolute Gasteiger partial charge is 0.480 e. The van der Waals surface area contributed by atoms with Crippen LogP contribution in [0.5, 0.6) is 0 Å². The molecule has 6 nitrogen and oxygen atoms in total. The lowest BCUT2D eigenvalue weighted by atomic mass is 9.97. The molecule has 6 heteroatoms. The van der Waals surface area contributed by atoms with Gasteiger partial charge in [-0.05, 0) is 38.3 Å². The highest BCUT2D eigenvalue weighted by Crippen LogP contribution is 2.30. The number of para-hydroxylation sites is 1. The van der Waals surface area contributed by atoms with Crippen LogP contribution in [0.4, 0.5) is 10.5 Å². The Morgan fingerprint density at radius 2 is 2.05 bits per heavy atom. The number of nitrogens with zero attached hydrogens (tertiary/aromatic N) is 1. The second-order valence-electron chi connectivity index (χ2n) is 5.39. The van der Waals surface area contributed by atoms with Gasteiger partial charge in [-0.2, -0.15) is 0 Å². The summed E-state index contributed by atoms with van der Waals surface area (Å²) in [5, 5.41) is 20.9. The molecule has 0 bridgehead atoms. The summed E-state index contributed by atoms with van der Waals surface area (Å²) in [6.07, 6.45) is 0.540. The summed E-state index contributed by atoms with van der Waals surface area (Å²) in [7, 11) is 0. The fourth-order valence-electron chi connectivity index (χ4n) is 2.59. The molecule has 0 saturated carbocycles. The summed E-state index contributed by atoms with van der Waals surface area (Å²) in [6, 6.07) is 5.74. The predicted octanol–water partition coefficient (Wildman–Crippen LogP) is 1.37. The zero-order valence-electron chi connectivity index (χ0n) is 12.1. The molecular weight excluding hydrogens is 272 g/mol. The average molecular weight is 292 g/mol. The number of anilines is 1. The van der Waals surface area contributed by atoms with Crippen LogP contribution in [0, 0.1) is 0 Å². The Hall–Kier alpha value is -2.08. The smallest absolute Gasteiger partial charge is 0.328 e. The molecular formula is C15H20N2O4. The minimum Gasteiger partial charge on any atom is -0.480 e. The molecule has 2 amide bonds. The highest BCUT2D eigenvalue weighted by molar-refractivity contribution is 5.96. The molecule has 3 N–H and O–H groups in total. The molecule has 0 aliphatic carbocycles. The second-order valence-corrected chi connectivity index (χ2v) is 5.39. The van der Waals surface area contributed by atoms with Crippen molar-refractivity contribution in [2.75, 3.05) is 4.90 Å². The maximum atomic E-state index is 12.4. The van der Waals surface area contributed by atoms with Gasteiger partial charge >= 0.3 is 12.0 Å². The topological polar surface area (TPSA) is 89.9 Å². The number of benzene rings is 1. The molecule has 1 aromatic rings. The van der Waals surface area contributed by atoms with Crippen LogP contribution in [-0.4, -0.2) is 40.4 Å². The third-order valence-electron chi connectivity index (χ3n) is 3.77. The molecule has 114 valence electrons. The first-order valence-corrected chi connectivity index (χ1v) is 7.00. The van der Waals surface area contributed by atoms with Crippen molar-refractivity contribution in [1.29, 1.82) is 0 Å². The van der Waals surface area contributed by atoms with E-state index in [1.54, 1.807) is 4.90 Å². The fourth-order valence-corrected chi connectivity index (χ4v) is 2.59. The van der Waals surface area contributed by atoms with E-state index in [1.807, 2.05) is 31.2 Å². The number of amides is 2. The Kier molecular flexibility index (Phi) is 4.47. The van der Waals surface area contributed by atoms with Crippen molar-refractivity contribution in [3.8, 4) is 0 Å². The number of urea groups is 1. The van der Waals surface area contributed by atoms with E-state index in [0.717, 1.165) is 24.1 Å². The van der Waals surface area contributed by atoms with E-state index in [-0.39, 0.29) is 6.04 Å². The van der Waals surface area contributed by atoms with E-state index in [1.165, 1.54) is 6.92 Å². The number of hydrogen-bond donors (Lipinski definition) is 3. The van der Waals surface area contributed by atoms with E-state index in [4.69, 9.17) is 5.11 Å². The van der Waals surface area contributed by atoms with Gasteiger partial charge in [0.25, 0.3) is 0 Å². The van der Waals surface area contributed by atoms with E-state index in [9.17, 15) is 14.7 Å². The third-order valence-corrected chi connectivity index (χ3v) is 3.77. The molecule has 0 radical (unpaired) electrons. The molecule has 1 aliphatic heterocycles. The molecule has 2 rings (SSSR count). The number of carboxylic acids is 1. The predicted molar refractivity (Wildman–Crippen MR) is 78.3 cm³/mol. The number of fused-ring (bicyclic) bond motifs is 1. The van der Waals surface area contributed by atoms with E-state index in [0.29, 0.717) is 0 Å². The number of aliphatic carboxylic acids is 1. The van der Waals surface area contributed by atoms with Crippen molar-refractivity contribution < 1.29 is 19.8 Å². The summed E-state index contributed by atoms with van der Waals surface area (Å²) in [5.74, 6) is -1.25. The zero-order chi connectivity index (χ0) is 15.6. The highest BCUT2D eigenvalue weighted by atomic mass is 16.4. The van der Waals surface area contributed by atoms with Crippen molar-refractivity contribution in [3.63, 3.8) is 0 Å². The third kappa shape index (κ3) is 3.16. The summed E-state index contributed by atoms with van der Waals surface area (Å²) in [4.78, 5) is 25.1. The number of hydrogen-bond acceptors (Lipinski definition) is 3. The molecule has 3 unspecified atom stereocenters. The van der Waals surface area contributed by atoms with Gasteiger partial charge in [-0.3, -0.25) is 4.90 Å². The van der Waals surface area contributed by atoms with E-state index < -0.39 is 24.1 Å². The number of aryl methyl sites for hydroxylation is 1. The lowest BCUT2D eigenvalue weighted by molar-refractivity contribution is -0.141. The van der Waals surface area contributed by atoms with Crippen LogP contribution >= 0.6 is 0 Å². The van der Waals surface area contributed by atoms with Crippen molar-refractivity contribution in [2.24, 2.45) is 0 Å². The molecule has 1 aromatic carbocycles. The van der Waals surface area contributed by atoms with Crippen LogP contribution in [0.2, 0.25) is 0 Å². The maximum absolute atomic E-state index is 12.4. The maximum Gasteiger partial charge on any atom is 0.328 e. The van der Waals surface area contributed by atoms with Gasteiger partial charge in [-0.15, -0.1) is 0 Å². The van der Waals surface area contributed by atoms with E-state index in [2.05, 4.69) is 5.32 Å². The molecule has 0 spiro atoms. The summed E-state index contributed by atoms with van der Waals surface area (Å²) in [6.45, 7) is 3.26. The van der Waals surface area contributed by atoms with Gasteiger partial charge in [0, 0.05) is 11.7 Å². The summed E-state index contributed by atoms with van der Waals surface area (Å²) < 4.78 is 0. The molecule has 0 saturated heterocycles. The van der Waals surface area contributed by atoms with Gasteiger partial charge in [0.2, 0.25) is 0 Å². The van der Waals surface area contributed by atoms with Crippen molar-refractivity contribution in [1.82, 2.24) is 5.32 Å². The van der Waals surface area contributed by atoms with Crippen LogP contribution in [-0.2, 0) is 11.2 Å². The Balaban J connectivity index is 2.24. The Morgan fingerprint density at radius 3 is 2.67 bits per heavy atom. The Bertz CT molecular complexity index is 544. The lowest BCUT2D eigenvalue weighted by Gasteiger charge is -2.36. The van der Waals surface area contributed by atoms with Gasteiger partial charge in [0.1, 0.15) is 0 Å². The first kappa shape index (κ1) is 15.3. The van der Waals surface area contributed by atoms with Gasteiger partial charge < -0.3 is 15.5 Å². The van der Waals surface area contributed by atoms with Gasteiger partial charge in [-0.1, -0.05) is 18.2 Å². The van der Waals surface area contributed by atoms with Crippen molar-refractivity contribution in [3.05, 3.63) is 29.8 Å². The van der Waals surface area contributed by atoms with E-state index >= 15 is 0 Å². The monoisotopic (exact) mass is 292 g/mol. The van der Waals surface area contributed by atoms with Crippen molar-refractivity contribution >= 4 is 17.7 Å². The fraction of sp³-hybridized carbons (Fsp3) is 0.467. The summed E-state index contributed by atoms with van der Waals surface area (Å²) >= 11 is 0. The van der Waals surface area contributed by atoms with Gasteiger partial charge in [-0.25, -0.2) is 9.59 Å². The number of rotatable bonds is 3. The normalized spacial score (nSPS) is 20.3. The lowest BCUT2D eigenvalue weighted by Crippen LogP contribution is -2.55. The van der Waals surface area contributed by atoms with Gasteiger partial charge in [0.15, 0.2) is 6.04 Å². The highest BCUT2D eigenvalue weighted by Gasteiger charge is 2.32. The minimum atomic E-state index is -1.32. The van der Waals surface area contributed by atoms with Crippen molar-refractivity contribution in [2.45, 2.75) is 44.9 Å². The number of nitrogens with one attached hydrogen (secondary N) is 1. The number of carbonyl (C=O) groups is 2. The standard InChI is InChI=1S/C15H20N2O4/c1-9-7-8-11-5-3-4-6-12(11)17(9)15(21)16-13(10(2)18)14(19)20/h3-6,9-10,13,18H,7-8H2,1-2H3,(H,16,21)(H,19,20). The molecule has 0 fully saturated rings. The number of carboxylic acid groups (broad SMARTS) is 1. The van der Waals surface area contributed by atoms with Crippen LogP contribution in [0.1, 0.15) is 25.8 Å². The summed E-state index contributed by atoms with van der Waals surface area (Å²) in [5.41, 5.74) is 1.86. The van der Waals surface area contributed by atoms with Crippen LogP contribution in [0.3, 0.4) is 0 Å². The first-order valence-electron chi connectivity index (χ1n) is 7.00. The number of aliphatic hydroxyl groups excluding tert-OH is 1. The molecule has 1 aliphatic rings. The molecule has 21 heavy (non-hydrogen) atoms. The van der Waals surface area contributed by atoms with Gasteiger partial charge in [0.05, 0.1) is 6.10 Å². The Labute approximate surface area is 123 Å². The van der Waals surface area contributed by atoms with Crippen LogP contribution in [0.25, 0.3) is 0 Å². The quantitative estimate of drug-likeness (QED) is 0.785. The van der Waals surface area contributed by atoms with Crippen LogP contribution < -0.4 is 10.2 Å². The second kappa shape index (κ2) is 6.13. The minimum absolute atomic E-state index is 0.0247. The molecule has 0 aromatic heterocycles. The Morgan fingerprint density at radius 1 is 1.38 bits per heavy atom. The molecule has 3 atom stereocenters. The first-order chi connectivity index (χ1) is 9.91. The molecule has 1 heterocycles. The zero-order valence-corrected chi connectivity index (χ0v) is 12.1. The SMILES string of the molecule is CC(O)C(NC(=O)N1c2ccccc2CCC1C)C(=O)O. The average Bonchev–Trinajstić information content (AvgIpc) is 2.43. The number of carbonyl (C=O) groups excluding carboxylic acids is 1. The number of aliphatic hydroxyl groups is 1.